The molecule has 3 rings (SSSR count). The highest BCUT2D eigenvalue weighted by molar-refractivity contribution is 6.30. The first-order valence-corrected chi connectivity index (χ1v) is 6.81. The Morgan fingerprint density at radius 1 is 1.00 bits per heavy atom. The molecule has 1 aliphatic heterocycles. The Morgan fingerprint density at radius 3 is 2.40 bits per heavy atom. The molecule has 0 bridgehead atoms. The first-order chi connectivity index (χ1) is 9.74. The van der Waals surface area contributed by atoms with Gasteiger partial charge in [-0.05, 0) is 23.3 Å². The molecule has 20 heavy (non-hydrogen) atoms. The van der Waals surface area contributed by atoms with Crippen LogP contribution in [0.1, 0.15) is 11.1 Å². The van der Waals surface area contributed by atoms with Gasteiger partial charge in [0.05, 0.1) is 0 Å². The van der Waals surface area contributed by atoms with Crippen molar-refractivity contribution in [1.29, 1.82) is 0 Å². The fourth-order valence-corrected chi connectivity index (χ4v) is 2.44. The van der Waals surface area contributed by atoms with E-state index < -0.39 is 0 Å². The van der Waals surface area contributed by atoms with Crippen molar-refractivity contribution in [2.45, 2.75) is 6.42 Å². The van der Waals surface area contributed by atoms with Crippen molar-refractivity contribution in [1.82, 2.24) is 0 Å². The molecular formula is C17H13ClO2. The molecule has 0 spiro atoms. The molecule has 0 N–H and O–H groups in total. The van der Waals surface area contributed by atoms with Crippen molar-refractivity contribution in [3.8, 4) is 0 Å². The zero-order valence-corrected chi connectivity index (χ0v) is 11.6. The van der Waals surface area contributed by atoms with Gasteiger partial charge in [0.2, 0.25) is 0 Å². The third kappa shape index (κ3) is 2.61. The van der Waals surface area contributed by atoms with Crippen LogP contribution in [0.2, 0.25) is 5.02 Å². The number of benzene rings is 2. The summed E-state index contributed by atoms with van der Waals surface area (Å²) < 4.78 is 5.19. The lowest BCUT2D eigenvalue weighted by Gasteiger charge is -2.04. The number of carbonyl (C=O) groups is 1. The fourth-order valence-electron chi connectivity index (χ4n) is 2.32. The molecule has 0 unspecified atom stereocenters. The summed E-state index contributed by atoms with van der Waals surface area (Å²) in [6.07, 6.45) is 0.570. The molecule has 0 saturated heterocycles. The molecule has 2 aromatic rings. The molecule has 0 atom stereocenters. The van der Waals surface area contributed by atoms with E-state index in [-0.39, 0.29) is 5.97 Å². The van der Waals surface area contributed by atoms with Crippen LogP contribution < -0.4 is 0 Å². The number of hydrogen-bond donors (Lipinski definition) is 0. The van der Waals surface area contributed by atoms with Gasteiger partial charge in [0.15, 0.2) is 0 Å². The number of ether oxygens (including phenoxy) is 1. The van der Waals surface area contributed by atoms with E-state index in [1.54, 1.807) is 0 Å². The highest BCUT2D eigenvalue weighted by Gasteiger charge is 2.25. The van der Waals surface area contributed by atoms with Crippen molar-refractivity contribution in [2.75, 3.05) is 6.61 Å². The lowest BCUT2D eigenvalue weighted by Crippen LogP contribution is -2.02. The van der Waals surface area contributed by atoms with Gasteiger partial charge in [-0.3, -0.25) is 0 Å². The van der Waals surface area contributed by atoms with E-state index in [1.165, 1.54) is 0 Å². The van der Waals surface area contributed by atoms with Crippen LogP contribution >= 0.6 is 11.6 Å². The minimum Gasteiger partial charge on any atom is -0.457 e. The van der Waals surface area contributed by atoms with E-state index in [0.29, 0.717) is 18.1 Å². The second-order valence-electron chi connectivity index (χ2n) is 4.70. The first kappa shape index (κ1) is 12.9. The Labute approximate surface area is 122 Å². The summed E-state index contributed by atoms with van der Waals surface area (Å²) in [5, 5.41) is 0.694. The largest absolute Gasteiger partial charge is 0.457 e. The summed E-state index contributed by atoms with van der Waals surface area (Å²) >= 11 is 5.88. The molecule has 2 aromatic carbocycles. The van der Waals surface area contributed by atoms with E-state index in [0.717, 1.165) is 22.3 Å². The molecule has 2 nitrogen and oxygen atoms in total. The van der Waals surface area contributed by atoms with Gasteiger partial charge in [0.25, 0.3) is 0 Å². The highest BCUT2D eigenvalue weighted by Crippen LogP contribution is 2.28. The van der Waals surface area contributed by atoms with Crippen LogP contribution in [-0.2, 0) is 16.0 Å². The van der Waals surface area contributed by atoms with E-state index in [4.69, 9.17) is 16.3 Å². The van der Waals surface area contributed by atoms with Crippen LogP contribution in [0.3, 0.4) is 0 Å². The van der Waals surface area contributed by atoms with E-state index in [9.17, 15) is 4.79 Å². The Balaban J connectivity index is 1.95. The topological polar surface area (TPSA) is 26.3 Å². The van der Waals surface area contributed by atoms with Gasteiger partial charge in [-0.1, -0.05) is 54.1 Å². The number of hydrogen-bond acceptors (Lipinski definition) is 2. The number of esters is 1. The maximum atomic E-state index is 11.9. The lowest BCUT2D eigenvalue weighted by atomic mass is 9.97. The van der Waals surface area contributed by atoms with E-state index in [2.05, 4.69) is 0 Å². The number of halogens is 1. The minimum atomic E-state index is -0.223. The van der Waals surface area contributed by atoms with Gasteiger partial charge < -0.3 is 4.74 Å². The van der Waals surface area contributed by atoms with Crippen molar-refractivity contribution in [2.24, 2.45) is 0 Å². The molecule has 100 valence electrons. The van der Waals surface area contributed by atoms with Crippen molar-refractivity contribution in [3.63, 3.8) is 0 Å². The van der Waals surface area contributed by atoms with Gasteiger partial charge in [-0.2, -0.15) is 0 Å². The number of carbonyl (C=O) groups excluding carboxylic acids is 1. The van der Waals surface area contributed by atoms with Crippen LogP contribution in [-0.4, -0.2) is 12.6 Å². The van der Waals surface area contributed by atoms with Gasteiger partial charge in [0, 0.05) is 22.6 Å². The molecule has 0 saturated carbocycles. The summed E-state index contributed by atoms with van der Waals surface area (Å²) in [7, 11) is 0. The lowest BCUT2D eigenvalue weighted by molar-refractivity contribution is -0.135. The Morgan fingerprint density at radius 2 is 1.70 bits per heavy atom. The zero-order valence-electron chi connectivity index (χ0n) is 10.8. The second kappa shape index (κ2) is 5.51. The third-order valence-corrected chi connectivity index (χ3v) is 3.63. The summed E-state index contributed by atoms with van der Waals surface area (Å²) in [5.74, 6) is -0.223. The highest BCUT2D eigenvalue weighted by atomic mass is 35.5. The summed E-state index contributed by atoms with van der Waals surface area (Å²) in [6, 6.07) is 17.4. The van der Waals surface area contributed by atoms with Gasteiger partial charge >= 0.3 is 5.97 Å². The van der Waals surface area contributed by atoms with Gasteiger partial charge in [-0.25, -0.2) is 4.79 Å². The molecule has 0 amide bonds. The molecule has 0 fully saturated rings. The molecule has 1 heterocycles. The Kier molecular flexibility index (Phi) is 3.57. The monoisotopic (exact) mass is 284 g/mol. The van der Waals surface area contributed by atoms with Crippen LogP contribution in [0.15, 0.2) is 60.2 Å². The normalized spacial score (nSPS) is 14.6. The van der Waals surface area contributed by atoms with E-state index >= 15 is 0 Å². The van der Waals surface area contributed by atoms with Crippen LogP contribution in [0, 0.1) is 0 Å². The average molecular weight is 285 g/mol. The SMILES string of the molecule is O=C1OCC(c2ccccc2)=C1Cc1ccc(Cl)cc1. The minimum absolute atomic E-state index is 0.223. The first-order valence-electron chi connectivity index (χ1n) is 6.43. The van der Waals surface area contributed by atoms with Crippen LogP contribution in [0.4, 0.5) is 0 Å². The quantitative estimate of drug-likeness (QED) is 0.799. The maximum Gasteiger partial charge on any atom is 0.335 e. The number of cyclic esters (lactones) is 1. The van der Waals surface area contributed by atoms with Gasteiger partial charge in [0.1, 0.15) is 6.61 Å². The summed E-state index contributed by atoms with van der Waals surface area (Å²) in [6.45, 7) is 0.353. The summed E-state index contributed by atoms with van der Waals surface area (Å²) in [5.41, 5.74) is 3.81. The fraction of sp³-hybridized carbons (Fsp3) is 0.118. The molecular weight excluding hydrogens is 272 g/mol. The standard InChI is InChI=1S/C17H13ClO2/c18-14-8-6-12(7-9-14)10-15-16(11-20-17(15)19)13-4-2-1-3-5-13/h1-9H,10-11H2. The van der Waals surface area contributed by atoms with Crippen molar-refractivity contribution < 1.29 is 9.53 Å². The molecule has 0 aromatic heterocycles. The Bertz CT molecular complexity index is 657. The predicted molar refractivity (Wildman–Crippen MR) is 79.5 cm³/mol. The van der Waals surface area contributed by atoms with E-state index in [1.807, 2.05) is 54.6 Å². The van der Waals surface area contributed by atoms with Crippen LogP contribution in [0.25, 0.3) is 5.57 Å². The van der Waals surface area contributed by atoms with Crippen molar-refractivity contribution >= 4 is 23.1 Å². The third-order valence-electron chi connectivity index (χ3n) is 3.37. The maximum absolute atomic E-state index is 11.9. The second-order valence-corrected chi connectivity index (χ2v) is 5.14. The summed E-state index contributed by atoms with van der Waals surface area (Å²) in [4.78, 5) is 11.9. The molecule has 0 aliphatic carbocycles. The smallest absolute Gasteiger partial charge is 0.335 e. The van der Waals surface area contributed by atoms with Crippen molar-refractivity contribution in [3.05, 3.63) is 76.3 Å². The number of rotatable bonds is 3. The molecule has 1 aliphatic rings. The van der Waals surface area contributed by atoms with Gasteiger partial charge in [-0.15, -0.1) is 0 Å². The predicted octanol–water partition coefficient (Wildman–Crippen LogP) is 3.89. The zero-order chi connectivity index (χ0) is 13.9. The average Bonchev–Trinajstić information content (AvgIpc) is 2.84. The van der Waals surface area contributed by atoms with Crippen LogP contribution in [0.5, 0.6) is 0 Å². The molecule has 0 radical (unpaired) electrons. The molecule has 3 heteroatoms. The Hall–Kier alpha value is -2.06.